The summed E-state index contributed by atoms with van der Waals surface area (Å²) in [5.41, 5.74) is 3.33. The van der Waals surface area contributed by atoms with Gasteiger partial charge in [-0.1, -0.05) is 36.4 Å². The van der Waals surface area contributed by atoms with Gasteiger partial charge in [0.15, 0.2) is 0 Å². The summed E-state index contributed by atoms with van der Waals surface area (Å²) >= 11 is 0. The number of likely N-dealkylation sites (N-methyl/N-ethyl adjacent to an activating group) is 1. The number of nitrogens with zero attached hydrogens (tertiary/aromatic N) is 4. The first-order valence-electron chi connectivity index (χ1n) is 9.79. The van der Waals surface area contributed by atoms with Crippen molar-refractivity contribution in [3.63, 3.8) is 0 Å². The minimum atomic E-state index is -0.126. The molecule has 0 saturated carbocycles. The molecule has 1 aromatic heterocycles. The Hall–Kier alpha value is -3.15. The van der Waals surface area contributed by atoms with Crippen molar-refractivity contribution in [2.24, 2.45) is 0 Å². The van der Waals surface area contributed by atoms with E-state index >= 15 is 0 Å². The van der Waals surface area contributed by atoms with Crippen LogP contribution in [0.25, 0.3) is 5.69 Å². The van der Waals surface area contributed by atoms with Gasteiger partial charge in [0.1, 0.15) is 18.1 Å². The number of para-hydroxylation sites is 1. The molecule has 0 bridgehead atoms. The van der Waals surface area contributed by atoms with Gasteiger partial charge in [-0.15, -0.1) is 0 Å². The van der Waals surface area contributed by atoms with E-state index < -0.39 is 0 Å². The van der Waals surface area contributed by atoms with Crippen LogP contribution in [-0.2, 0) is 4.74 Å². The molecule has 1 heterocycles. The third kappa shape index (κ3) is 5.67. The summed E-state index contributed by atoms with van der Waals surface area (Å²) in [4.78, 5) is 16.6. The number of allylic oxidation sites excluding steroid dienone is 4. The summed E-state index contributed by atoms with van der Waals surface area (Å²) in [7, 11) is 0. The molecule has 0 unspecified atom stereocenters. The molecule has 154 valence electrons. The molecule has 0 aliphatic rings. The lowest BCUT2D eigenvalue weighted by atomic mass is 10.1. The van der Waals surface area contributed by atoms with E-state index in [0.29, 0.717) is 30.2 Å². The van der Waals surface area contributed by atoms with Gasteiger partial charge >= 0.3 is 0 Å². The molecular weight excluding hydrogens is 364 g/mol. The van der Waals surface area contributed by atoms with Gasteiger partial charge in [-0.05, 0) is 52.3 Å². The fraction of sp³-hybridized carbons (Fsp3) is 0.348. The maximum absolute atomic E-state index is 13.3. The van der Waals surface area contributed by atoms with E-state index in [2.05, 4.69) is 16.8 Å². The van der Waals surface area contributed by atoms with Crippen molar-refractivity contribution in [2.75, 3.05) is 13.2 Å². The van der Waals surface area contributed by atoms with E-state index in [1.165, 1.54) is 4.80 Å². The summed E-state index contributed by atoms with van der Waals surface area (Å²) in [6.07, 6.45) is 9.00. The standard InChI is InChI=1S/C23H30N4O2/c1-7-17(3)12-13-20(6)29-16-19(5)26(8-2)23(28)21-11-9-10-18(4)22(21)27-24-14-15-25-27/h7,9-15,19H,6,8,16H2,1-5H3/b13-12-,17-7-/t19-/m0/s1. The molecule has 1 amide bonds. The van der Waals surface area contributed by atoms with Gasteiger partial charge in [-0.2, -0.15) is 15.0 Å². The molecule has 2 aromatic rings. The van der Waals surface area contributed by atoms with E-state index in [9.17, 15) is 4.79 Å². The minimum Gasteiger partial charge on any atom is -0.492 e. The second kappa shape index (κ2) is 10.4. The van der Waals surface area contributed by atoms with Gasteiger partial charge in [0.25, 0.3) is 5.91 Å². The molecule has 6 heteroatoms. The molecule has 29 heavy (non-hydrogen) atoms. The predicted molar refractivity (Wildman–Crippen MR) is 116 cm³/mol. The molecule has 1 aromatic carbocycles. The number of carbonyl (C=O) groups is 1. The van der Waals surface area contributed by atoms with Crippen molar-refractivity contribution in [3.05, 3.63) is 77.9 Å². The molecule has 0 aliphatic carbocycles. The number of amides is 1. The van der Waals surface area contributed by atoms with E-state index in [-0.39, 0.29) is 11.9 Å². The summed E-state index contributed by atoms with van der Waals surface area (Å²) < 4.78 is 5.76. The fourth-order valence-corrected chi connectivity index (χ4v) is 2.92. The van der Waals surface area contributed by atoms with Crippen molar-refractivity contribution >= 4 is 5.91 Å². The molecule has 6 nitrogen and oxygen atoms in total. The molecule has 2 rings (SSSR count). The lowest BCUT2D eigenvalue weighted by Crippen LogP contribution is -2.41. The first kappa shape index (κ1) is 22.1. The van der Waals surface area contributed by atoms with Crippen LogP contribution in [0.5, 0.6) is 0 Å². The van der Waals surface area contributed by atoms with Gasteiger partial charge < -0.3 is 9.64 Å². The van der Waals surface area contributed by atoms with Crippen LogP contribution < -0.4 is 0 Å². The Morgan fingerprint density at radius 2 is 2.00 bits per heavy atom. The molecule has 0 N–H and O–H groups in total. The monoisotopic (exact) mass is 394 g/mol. The van der Waals surface area contributed by atoms with Crippen molar-refractivity contribution in [2.45, 2.75) is 40.7 Å². The highest BCUT2D eigenvalue weighted by Crippen LogP contribution is 2.21. The fourth-order valence-electron chi connectivity index (χ4n) is 2.92. The normalized spacial score (nSPS) is 12.8. The first-order valence-corrected chi connectivity index (χ1v) is 9.79. The van der Waals surface area contributed by atoms with Gasteiger partial charge in [0.2, 0.25) is 0 Å². The molecule has 0 saturated heterocycles. The SMILES string of the molecule is C=C(/C=C\C(C)=C/C)OC[C@H](C)N(CC)C(=O)c1cccc(C)c1-n1nccn1. The third-order valence-corrected chi connectivity index (χ3v) is 4.72. The van der Waals surface area contributed by atoms with E-state index in [0.717, 1.165) is 11.1 Å². The predicted octanol–water partition coefficient (Wildman–Crippen LogP) is 4.48. The van der Waals surface area contributed by atoms with E-state index in [1.54, 1.807) is 17.3 Å². The largest absolute Gasteiger partial charge is 0.492 e. The first-order chi connectivity index (χ1) is 13.9. The van der Waals surface area contributed by atoms with E-state index in [1.807, 2.05) is 71.0 Å². The number of aryl methyl sites for hydroxylation is 1. The second-order valence-corrected chi connectivity index (χ2v) is 6.87. The Balaban J connectivity index is 2.16. The lowest BCUT2D eigenvalue weighted by Gasteiger charge is -2.29. The lowest BCUT2D eigenvalue weighted by molar-refractivity contribution is 0.0603. The van der Waals surface area contributed by atoms with Crippen LogP contribution in [0.2, 0.25) is 0 Å². The van der Waals surface area contributed by atoms with Crippen molar-refractivity contribution in [3.8, 4) is 5.69 Å². The Kier molecular flexibility index (Phi) is 7.95. The number of carbonyl (C=O) groups excluding carboxylic acids is 1. The van der Waals surface area contributed by atoms with Crippen molar-refractivity contribution < 1.29 is 9.53 Å². The number of aromatic nitrogens is 3. The number of benzene rings is 1. The zero-order valence-corrected chi connectivity index (χ0v) is 17.9. The van der Waals surface area contributed by atoms with Crippen molar-refractivity contribution in [1.82, 2.24) is 19.9 Å². The highest BCUT2D eigenvalue weighted by molar-refractivity contribution is 5.98. The Bertz CT molecular complexity index is 898. The van der Waals surface area contributed by atoms with E-state index in [4.69, 9.17) is 4.74 Å². The third-order valence-electron chi connectivity index (χ3n) is 4.72. The minimum absolute atomic E-state index is 0.0782. The highest BCUT2D eigenvalue weighted by Gasteiger charge is 2.24. The second-order valence-electron chi connectivity index (χ2n) is 6.87. The maximum atomic E-state index is 13.3. The van der Waals surface area contributed by atoms with Gasteiger partial charge in [0, 0.05) is 6.54 Å². The van der Waals surface area contributed by atoms with Crippen LogP contribution in [0.4, 0.5) is 0 Å². The van der Waals surface area contributed by atoms with Crippen LogP contribution in [-0.4, -0.2) is 45.0 Å². The van der Waals surface area contributed by atoms with Crippen molar-refractivity contribution in [1.29, 1.82) is 0 Å². The van der Waals surface area contributed by atoms with Gasteiger partial charge in [-0.3, -0.25) is 4.79 Å². The van der Waals surface area contributed by atoms with Crippen LogP contribution in [0.3, 0.4) is 0 Å². The average Bonchev–Trinajstić information content (AvgIpc) is 3.24. The van der Waals surface area contributed by atoms with Gasteiger partial charge in [-0.25, -0.2) is 0 Å². The Morgan fingerprint density at radius 3 is 2.62 bits per heavy atom. The van der Waals surface area contributed by atoms with Crippen LogP contribution in [0, 0.1) is 6.92 Å². The summed E-state index contributed by atoms with van der Waals surface area (Å²) in [6, 6.07) is 5.51. The quantitative estimate of drug-likeness (QED) is 0.465. The van der Waals surface area contributed by atoms with Crippen LogP contribution >= 0.6 is 0 Å². The number of rotatable bonds is 9. The van der Waals surface area contributed by atoms with Gasteiger partial charge in [0.05, 0.1) is 24.0 Å². The molecular formula is C23H30N4O2. The Morgan fingerprint density at radius 1 is 1.31 bits per heavy atom. The highest BCUT2D eigenvalue weighted by atomic mass is 16.5. The molecule has 0 aliphatic heterocycles. The molecule has 0 radical (unpaired) electrons. The maximum Gasteiger partial charge on any atom is 0.256 e. The Labute approximate surface area is 173 Å². The number of ether oxygens (including phenoxy) is 1. The summed E-state index contributed by atoms with van der Waals surface area (Å²) in [6.45, 7) is 14.7. The average molecular weight is 395 g/mol. The topological polar surface area (TPSA) is 60.2 Å². The van der Waals surface area contributed by atoms with Crippen LogP contribution in [0.1, 0.15) is 43.6 Å². The molecule has 0 fully saturated rings. The smallest absolute Gasteiger partial charge is 0.256 e. The number of hydrogen-bond acceptors (Lipinski definition) is 4. The summed E-state index contributed by atoms with van der Waals surface area (Å²) in [5, 5.41) is 8.42. The molecule has 1 atom stereocenters. The summed E-state index contributed by atoms with van der Waals surface area (Å²) in [5.74, 6) is 0.490. The zero-order chi connectivity index (χ0) is 21.4. The van der Waals surface area contributed by atoms with Crippen LogP contribution in [0.15, 0.2) is 66.7 Å². The zero-order valence-electron chi connectivity index (χ0n) is 17.9. The molecule has 0 spiro atoms. The number of hydrogen-bond donors (Lipinski definition) is 0.